The van der Waals surface area contributed by atoms with Crippen LogP contribution in [0.15, 0.2) is 42.6 Å². The average molecular weight is 278 g/mol. The first kappa shape index (κ1) is 13.1. The monoisotopic (exact) mass is 278 g/mol. The number of hydrogen-bond donors (Lipinski definition) is 1. The van der Waals surface area contributed by atoms with Gasteiger partial charge in [0.2, 0.25) is 0 Å². The molecule has 0 bridgehead atoms. The number of halogens is 3. The van der Waals surface area contributed by atoms with E-state index in [1.807, 2.05) is 12.1 Å². The summed E-state index contributed by atoms with van der Waals surface area (Å²) in [6, 6.07) is 9.04. The highest BCUT2D eigenvalue weighted by Crippen LogP contribution is 2.32. The Kier molecular flexibility index (Phi) is 3.22. The fraction of sp³-hybridized carbons (Fsp3) is 0.267. The van der Waals surface area contributed by atoms with Crippen LogP contribution in [0.4, 0.5) is 13.2 Å². The molecule has 0 aliphatic carbocycles. The molecule has 5 heteroatoms. The molecule has 1 unspecified atom stereocenters. The van der Waals surface area contributed by atoms with Crippen LogP contribution < -0.4 is 5.32 Å². The van der Waals surface area contributed by atoms with Crippen molar-refractivity contribution in [2.45, 2.75) is 18.6 Å². The molecule has 0 saturated heterocycles. The van der Waals surface area contributed by atoms with Crippen molar-refractivity contribution in [3.8, 4) is 0 Å². The van der Waals surface area contributed by atoms with Crippen molar-refractivity contribution in [2.75, 3.05) is 6.54 Å². The van der Waals surface area contributed by atoms with Gasteiger partial charge in [-0.1, -0.05) is 18.2 Å². The molecule has 1 N–H and O–H groups in total. The quantitative estimate of drug-likeness (QED) is 0.865. The van der Waals surface area contributed by atoms with Crippen LogP contribution in [0, 0.1) is 0 Å². The van der Waals surface area contributed by atoms with Crippen molar-refractivity contribution in [1.82, 2.24) is 10.3 Å². The number of nitrogens with one attached hydrogen (secondary N) is 1. The molecule has 2 nitrogen and oxygen atoms in total. The van der Waals surface area contributed by atoms with E-state index in [1.54, 1.807) is 6.20 Å². The highest BCUT2D eigenvalue weighted by molar-refractivity contribution is 5.37. The number of fused-ring (bicyclic) bond motifs is 1. The summed E-state index contributed by atoms with van der Waals surface area (Å²) < 4.78 is 37.7. The lowest BCUT2D eigenvalue weighted by Gasteiger charge is -2.26. The molecular weight excluding hydrogens is 265 g/mol. The van der Waals surface area contributed by atoms with E-state index in [9.17, 15) is 13.2 Å². The molecule has 1 aliphatic rings. The van der Waals surface area contributed by atoms with Crippen molar-refractivity contribution in [1.29, 1.82) is 0 Å². The standard InChI is InChI=1S/C15H13F3N2/c16-15(17,18)11-5-3-10(4-6-11)14-12-2-1-8-19-13(12)7-9-20-14/h1-6,8,14,20H,7,9H2. The van der Waals surface area contributed by atoms with Crippen molar-refractivity contribution in [3.05, 3.63) is 65.0 Å². The number of benzene rings is 1. The number of pyridine rings is 1. The summed E-state index contributed by atoms with van der Waals surface area (Å²) in [5.74, 6) is 0. The van der Waals surface area contributed by atoms with E-state index >= 15 is 0 Å². The number of rotatable bonds is 1. The maximum absolute atomic E-state index is 12.6. The zero-order valence-electron chi connectivity index (χ0n) is 10.6. The normalized spacial score (nSPS) is 18.6. The molecular formula is C15H13F3N2. The van der Waals surface area contributed by atoms with Crippen LogP contribution >= 0.6 is 0 Å². The minimum Gasteiger partial charge on any atom is -0.306 e. The minimum absolute atomic E-state index is 0.0882. The van der Waals surface area contributed by atoms with Crippen LogP contribution in [0.2, 0.25) is 0 Å². The van der Waals surface area contributed by atoms with Crippen LogP contribution in [0.1, 0.15) is 28.4 Å². The summed E-state index contributed by atoms with van der Waals surface area (Å²) in [6.07, 6.45) is -1.71. The van der Waals surface area contributed by atoms with Gasteiger partial charge in [0.05, 0.1) is 11.6 Å². The number of aromatic nitrogens is 1. The maximum Gasteiger partial charge on any atom is 0.416 e. The second kappa shape index (κ2) is 4.90. The number of hydrogen-bond acceptors (Lipinski definition) is 2. The van der Waals surface area contributed by atoms with E-state index in [0.29, 0.717) is 0 Å². The second-order valence-electron chi connectivity index (χ2n) is 4.80. The fourth-order valence-corrected chi connectivity index (χ4v) is 2.53. The van der Waals surface area contributed by atoms with Crippen molar-refractivity contribution < 1.29 is 13.2 Å². The third-order valence-electron chi connectivity index (χ3n) is 3.52. The molecule has 0 spiro atoms. The van der Waals surface area contributed by atoms with Crippen molar-refractivity contribution >= 4 is 0 Å². The summed E-state index contributed by atoms with van der Waals surface area (Å²) in [7, 11) is 0. The highest BCUT2D eigenvalue weighted by atomic mass is 19.4. The number of nitrogens with zero attached hydrogens (tertiary/aromatic N) is 1. The van der Waals surface area contributed by atoms with Gasteiger partial charge in [0.1, 0.15) is 0 Å². The Morgan fingerprint density at radius 2 is 1.85 bits per heavy atom. The van der Waals surface area contributed by atoms with Gasteiger partial charge in [0.15, 0.2) is 0 Å². The predicted molar refractivity (Wildman–Crippen MR) is 69.2 cm³/mol. The van der Waals surface area contributed by atoms with Gasteiger partial charge in [-0.25, -0.2) is 0 Å². The molecule has 0 fully saturated rings. The van der Waals surface area contributed by atoms with Gasteiger partial charge < -0.3 is 5.32 Å². The zero-order chi connectivity index (χ0) is 14.2. The predicted octanol–water partition coefficient (Wildman–Crippen LogP) is 3.34. The van der Waals surface area contributed by atoms with Gasteiger partial charge in [-0.3, -0.25) is 4.98 Å². The Labute approximate surface area is 114 Å². The molecule has 2 aromatic rings. The topological polar surface area (TPSA) is 24.9 Å². The smallest absolute Gasteiger partial charge is 0.306 e. The zero-order valence-corrected chi connectivity index (χ0v) is 10.6. The van der Waals surface area contributed by atoms with Gasteiger partial charge in [0.25, 0.3) is 0 Å². The van der Waals surface area contributed by atoms with Crippen LogP contribution in [0.25, 0.3) is 0 Å². The van der Waals surface area contributed by atoms with Gasteiger partial charge in [-0.2, -0.15) is 13.2 Å². The fourth-order valence-electron chi connectivity index (χ4n) is 2.53. The SMILES string of the molecule is FC(F)(F)c1ccc(C2NCCc3ncccc32)cc1. The molecule has 1 atom stereocenters. The number of alkyl halides is 3. The third-order valence-corrected chi connectivity index (χ3v) is 3.52. The Morgan fingerprint density at radius 1 is 1.10 bits per heavy atom. The molecule has 20 heavy (non-hydrogen) atoms. The van der Waals surface area contributed by atoms with Crippen LogP contribution in [-0.2, 0) is 12.6 Å². The molecule has 0 amide bonds. The van der Waals surface area contributed by atoms with Crippen LogP contribution in [0.3, 0.4) is 0 Å². The van der Waals surface area contributed by atoms with Gasteiger partial charge in [0, 0.05) is 24.9 Å². The largest absolute Gasteiger partial charge is 0.416 e. The van der Waals surface area contributed by atoms with Gasteiger partial charge >= 0.3 is 6.18 Å². The lowest BCUT2D eigenvalue weighted by atomic mass is 9.92. The maximum atomic E-state index is 12.6. The first-order valence-corrected chi connectivity index (χ1v) is 6.40. The average Bonchev–Trinajstić information content (AvgIpc) is 2.46. The van der Waals surface area contributed by atoms with Crippen LogP contribution in [0.5, 0.6) is 0 Å². The first-order chi connectivity index (χ1) is 9.55. The van der Waals surface area contributed by atoms with Crippen LogP contribution in [-0.4, -0.2) is 11.5 Å². The minimum atomic E-state index is -4.29. The Balaban J connectivity index is 1.95. The molecule has 2 heterocycles. The lowest BCUT2D eigenvalue weighted by Crippen LogP contribution is -2.31. The summed E-state index contributed by atoms with van der Waals surface area (Å²) >= 11 is 0. The molecule has 0 radical (unpaired) electrons. The Hall–Kier alpha value is -1.88. The van der Waals surface area contributed by atoms with E-state index < -0.39 is 11.7 Å². The Morgan fingerprint density at radius 3 is 2.55 bits per heavy atom. The molecule has 1 aliphatic heterocycles. The van der Waals surface area contributed by atoms with E-state index in [-0.39, 0.29) is 6.04 Å². The third kappa shape index (κ3) is 2.41. The summed E-state index contributed by atoms with van der Waals surface area (Å²) in [4.78, 5) is 4.33. The van der Waals surface area contributed by atoms with E-state index in [0.717, 1.165) is 41.9 Å². The van der Waals surface area contributed by atoms with E-state index in [1.165, 1.54) is 12.1 Å². The molecule has 1 aromatic carbocycles. The second-order valence-corrected chi connectivity index (χ2v) is 4.80. The summed E-state index contributed by atoms with van der Waals surface area (Å²) in [5.41, 5.74) is 2.25. The molecule has 104 valence electrons. The van der Waals surface area contributed by atoms with E-state index in [4.69, 9.17) is 0 Å². The lowest BCUT2D eigenvalue weighted by molar-refractivity contribution is -0.137. The van der Waals surface area contributed by atoms with Gasteiger partial charge in [-0.05, 0) is 29.3 Å². The summed E-state index contributed by atoms with van der Waals surface area (Å²) in [5, 5.41) is 3.33. The molecule has 3 rings (SSSR count). The Bertz CT molecular complexity index is 605. The highest BCUT2D eigenvalue weighted by Gasteiger charge is 2.30. The summed E-state index contributed by atoms with van der Waals surface area (Å²) in [6.45, 7) is 0.774. The molecule has 0 saturated carbocycles. The van der Waals surface area contributed by atoms with E-state index in [2.05, 4.69) is 10.3 Å². The van der Waals surface area contributed by atoms with Crippen molar-refractivity contribution in [3.63, 3.8) is 0 Å². The van der Waals surface area contributed by atoms with Crippen molar-refractivity contribution in [2.24, 2.45) is 0 Å². The van der Waals surface area contributed by atoms with Gasteiger partial charge in [-0.15, -0.1) is 0 Å². The molecule has 1 aromatic heterocycles. The first-order valence-electron chi connectivity index (χ1n) is 6.40.